The highest BCUT2D eigenvalue weighted by atomic mass is 19.1. The largest absolute Gasteiger partial charge is 0.618 e. The number of benzene rings is 2. The van der Waals surface area contributed by atoms with Gasteiger partial charge in [0.1, 0.15) is 5.82 Å². The second-order valence-corrected chi connectivity index (χ2v) is 5.96. The molecule has 0 aliphatic heterocycles. The SMILES string of the molecule is Cc1ccc(F)c(-c2ncccc2-c2cc[n+]([O-])c3ccccc23)c1. The molecule has 0 N–H and O–H groups in total. The molecule has 0 fully saturated rings. The summed E-state index contributed by atoms with van der Waals surface area (Å²) >= 11 is 0. The molecule has 0 aliphatic carbocycles. The van der Waals surface area contributed by atoms with Crippen LogP contribution in [0, 0.1) is 17.9 Å². The average molecular weight is 330 g/mol. The molecule has 25 heavy (non-hydrogen) atoms. The Morgan fingerprint density at radius 1 is 0.920 bits per heavy atom. The molecule has 0 saturated carbocycles. The van der Waals surface area contributed by atoms with Crippen LogP contribution in [-0.2, 0) is 0 Å². The van der Waals surface area contributed by atoms with Crippen LogP contribution >= 0.6 is 0 Å². The fourth-order valence-corrected chi connectivity index (χ4v) is 3.10. The van der Waals surface area contributed by atoms with Crippen LogP contribution in [-0.4, -0.2) is 4.98 Å². The smallest absolute Gasteiger partial charge is 0.224 e. The molecule has 122 valence electrons. The van der Waals surface area contributed by atoms with Crippen molar-refractivity contribution in [3.63, 3.8) is 0 Å². The Balaban J connectivity index is 2.03. The number of aromatic nitrogens is 2. The molecule has 0 saturated heterocycles. The van der Waals surface area contributed by atoms with Gasteiger partial charge in [-0.1, -0.05) is 29.8 Å². The normalized spacial score (nSPS) is 11.0. The molecular weight excluding hydrogens is 315 g/mol. The Labute approximate surface area is 144 Å². The highest BCUT2D eigenvalue weighted by Crippen LogP contribution is 2.35. The van der Waals surface area contributed by atoms with Gasteiger partial charge >= 0.3 is 0 Å². The van der Waals surface area contributed by atoms with Gasteiger partial charge in [-0.15, -0.1) is 0 Å². The van der Waals surface area contributed by atoms with Crippen LogP contribution in [0.25, 0.3) is 33.3 Å². The quantitative estimate of drug-likeness (QED) is 0.396. The molecule has 0 atom stereocenters. The van der Waals surface area contributed by atoms with Crippen molar-refractivity contribution in [1.29, 1.82) is 0 Å². The Bertz CT molecular complexity index is 1090. The van der Waals surface area contributed by atoms with E-state index in [1.165, 1.54) is 12.3 Å². The Hall–Kier alpha value is -3.27. The molecule has 0 radical (unpaired) electrons. The van der Waals surface area contributed by atoms with Crippen LogP contribution in [0.3, 0.4) is 0 Å². The third kappa shape index (κ3) is 2.62. The predicted octanol–water partition coefficient (Wildman–Crippen LogP) is 4.65. The highest BCUT2D eigenvalue weighted by Gasteiger charge is 2.17. The van der Waals surface area contributed by atoms with E-state index in [0.717, 1.165) is 26.8 Å². The molecular formula is C21H15FN2O. The summed E-state index contributed by atoms with van der Waals surface area (Å²) in [7, 11) is 0. The summed E-state index contributed by atoms with van der Waals surface area (Å²) in [5.41, 5.74) is 4.20. The monoisotopic (exact) mass is 330 g/mol. The highest BCUT2D eigenvalue weighted by molar-refractivity contribution is 5.96. The van der Waals surface area contributed by atoms with Crippen molar-refractivity contribution in [2.75, 3.05) is 0 Å². The number of rotatable bonds is 2. The zero-order valence-electron chi connectivity index (χ0n) is 13.6. The minimum atomic E-state index is -0.315. The van der Waals surface area contributed by atoms with E-state index in [1.807, 2.05) is 37.3 Å². The van der Waals surface area contributed by atoms with Gasteiger partial charge in [-0.25, -0.2) is 4.39 Å². The van der Waals surface area contributed by atoms with Crippen LogP contribution in [0.1, 0.15) is 5.56 Å². The Morgan fingerprint density at radius 3 is 2.64 bits per heavy atom. The molecule has 4 aromatic rings. The van der Waals surface area contributed by atoms with E-state index >= 15 is 0 Å². The van der Waals surface area contributed by atoms with Crippen molar-refractivity contribution in [3.05, 3.63) is 89.6 Å². The van der Waals surface area contributed by atoms with Gasteiger partial charge in [0.15, 0.2) is 6.20 Å². The van der Waals surface area contributed by atoms with Crippen LogP contribution in [0.4, 0.5) is 4.39 Å². The van der Waals surface area contributed by atoms with Crippen LogP contribution in [0.15, 0.2) is 73.1 Å². The molecule has 2 aromatic carbocycles. The van der Waals surface area contributed by atoms with E-state index in [1.54, 1.807) is 30.5 Å². The van der Waals surface area contributed by atoms with Crippen molar-refractivity contribution < 1.29 is 9.12 Å². The Kier molecular flexibility index (Phi) is 3.65. The fourth-order valence-electron chi connectivity index (χ4n) is 3.10. The fraction of sp³-hybridized carbons (Fsp3) is 0.0476. The molecule has 3 nitrogen and oxygen atoms in total. The first-order valence-corrected chi connectivity index (χ1v) is 7.98. The minimum Gasteiger partial charge on any atom is -0.618 e. The maximum Gasteiger partial charge on any atom is 0.224 e. The summed E-state index contributed by atoms with van der Waals surface area (Å²) in [6.07, 6.45) is 3.13. The Morgan fingerprint density at radius 2 is 1.76 bits per heavy atom. The van der Waals surface area contributed by atoms with E-state index < -0.39 is 0 Å². The van der Waals surface area contributed by atoms with E-state index in [0.29, 0.717) is 16.8 Å². The lowest BCUT2D eigenvalue weighted by Gasteiger charge is -2.12. The standard InChI is InChI=1S/C21H15FN2O/c1-14-8-9-19(22)18(13-14)21-17(6-4-11-23-21)15-10-12-24(25)20-7-3-2-5-16(15)20/h2-13H,1H3. The van der Waals surface area contributed by atoms with Gasteiger partial charge in [-0.3, -0.25) is 4.98 Å². The zero-order valence-corrected chi connectivity index (χ0v) is 13.6. The van der Waals surface area contributed by atoms with E-state index in [4.69, 9.17) is 0 Å². The number of fused-ring (bicyclic) bond motifs is 1. The first kappa shape index (κ1) is 15.3. The zero-order chi connectivity index (χ0) is 17.4. The van der Waals surface area contributed by atoms with Gasteiger partial charge in [0, 0.05) is 35.0 Å². The molecule has 0 bridgehead atoms. The molecule has 4 heteroatoms. The number of para-hydroxylation sites is 1. The second-order valence-electron chi connectivity index (χ2n) is 5.96. The molecule has 0 aliphatic rings. The molecule has 0 amide bonds. The van der Waals surface area contributed by atoms with Gasteiger partial charge in [-0.05, 0) is 31.2 Å². The lowest BCUT2D eigenvalue weighted by atomic mass is 9.96. The molecule has 0 unspecified atom stereocenters. The minimum absolute atomic E-state index is 0.315. The first-order valence-electron chi connectivity index (χ1n) is 7.98. The first-order chi connectivity index (χ1) is 12.1. The summed E-state index contributed by atoms with van der Waals surface area (Å²) < 4.78 is 15.3. The molecule has 2 heterocycles. The van der Waals surface area contributed by atoms with E-state index in [2.05, 4.69) is 4.98 Å². The maximum atomic E-state index is 14.4. The van der Waals surface area contributed by atoms with Crippen molar-refractivity contribution in [1.82, 2.24) is 4.98 Å². The van der Waals surface area contributed by atoms with Crippen LogP contribution in [0.2, 0.25) is 0 Å². The summed E-state index contributed by atoms with van der Waals surface area (Å²) in [5.74, 6) is -0.315. The van der Waals surface area contributed by atoms with Gasteiger partial charge in [-0.2, -0.15) is 4.73 Å². The topological polar surface area (TPSA) is 39.8 Å². The van der Waals surface area contributed by atoms with Crippen LogP contribution in [0.5, 0.6) is 0 Å². The number of hydrogen-bond acceptors (Lipinski definition) is 2. The maximum absolute atomic E-state index is 14.4. The number of hydrogen-bond donors (Lipinski definition) is 0. The van der Waals surface area contributed by atoms with Crippen LogP contribution < -0.4 is 4.73 Å². The lowest BCUT2D eigenvalue weighted by molar-refractivity contribution is -0.576. The third-order valence-electron chi connectivity index (χ3n) is 4.28. The van der Waals surface area contributed by atoms with Crippen molar-refractivity contribution in [3.8, 4) is 22.4 Å². The predicted molar refractivity (Wildman–Crippen MR) is 96.3 cm³/mol. The summed E-state index contributed by atoms with van der Waals surface area (Å²) in [6.45, 7) is 1.92. The van der Waals surface area contributed by atoms with E-state index in [9.17, 15) is 9.60 Å². The average Bonchev–Trinajstić information content (AvgIpc) is 2.64. The van der Waals surface area contributed by atoms with Gasteiger partial charge in [0.05, 0.1) is 11.1 Å². The van der Waals surface area contributed by atoms with E-state index in [-0.39, 0.29) is 5.82 Å². The second kappa shape index (κ2) is 5.98. The summed E-state index contributed by atoms with van der Waals surface area (Å²) in [4.78, 5) is 4.43. The van der Waals surface area contributed by atoms with Crippen molar-refractivity contribution in [2.24, 2.45) is 0 Å². The lowest BCUT2D eigenvalue weighted by Crippen LogP contribution is -2.26. The molecule has 4 rings (SSSR count). The third-order valence-corrected chi connectivity index (χ3v) is 4.28. The van der Waals surface area contributed by atoms with Crippen molar-refractivity contribution >= 4 is 10.9 Å². The summed E-state index contributed by atoms with van der Waals surface area (Å²) in [6, 6.07) is 17.8. The van der Waals surface area contributed by atoms with Gasteiger partial charge in [0.2, 0.25) is 5.52 Å². The number of nitrogens with zero attached hydrogens (tertiary/aromatic N) is 2. The molecule has 0 spiro atoms. The van der Waals surface area contributed by atoms with Gasteiger partial charge in [0.25, 0.3) is 0 Å². The van der Waals surface area contributed by atoms with Gasteiger partial charge < -0.3 is 5.21 Å². The number of halogens is 1. The number of pyridine rings is 2. The molecule has 2 aromatic heterocycles. The van der Waals surface area contributed by atoms with Crippen molar-refractivity contribution in [2.45, 2.75) is 6.92 Å². The summed E-state index contributed by atoms with van der Waals surface area (Å²) in [5, 5.41) is 12.9. The number of aryl methyl sites for hydroxylation is 1.